The third-order valence-electron chi connectivity index (χ3n) is 2.40. The average Bonchev–Trinajstić information content (AvgIpc) is 2.36. The predicted molar refractivity (Wildman–Crippen MR) is 68.6 cm³/mol. The summed E-state index contributed by atoms with van der Waals surface area (Å²) >= 11 is 1.46. The van der Waals surface area contributed by atoms with E-state index < -0.39 is 0 Å². The molecule has 1 heterocycles. The zero-order chi connectivity index (χ0) is 12.3. The number of methoxy groups -OCH3 is 1. The first-order valence-corrected chi connectivity index (χ1v) is 6.29. The fourth-order valence-corrected chi connectivity index (χ4v) is 2.20. The third-order valence-corrected chi connectivity index (χ3v) is 3.22. The van der Waals surface area contributed by atoms with Crippen molar-refractivity contribution < 1.29 is 9.84 Å². The molecular weight excluding hydrogens is 236 g/mol. The van der Waals surface area contributed by atoms with Crippen LogP contribution >= 0.6 is 11.8 Å². The minimum atomic E-state index is 0.133. The van der Waals surface area contributed by atoms with Crippen molar-refractivity contribution in [2.24, 2.45) is 0 Å². The molecule has 0 unspecified atom stereocenters. The van der Waals surface area contributed by atoms with E-state index in [2.05, 4.69) is 9.97 Å². The van der Waals surface area contributed by atoms with Crippen LogP contribution in [0.15, 0.2) is 23.4 Å². The molecule has 2 rings (SSSR count). The number of aromatic nitrogens is 2. The van der Waals surface area contributed by atoms with Gasteiger partial charge in [-0.3, -0.25) is 0 Å². The van der Waals surface area contributed by atoms with Gasteiger partial charge in [0, 0.05) is 16.8 Å². The van der Waals surface area contributed by atoms with Crippen molar-refractivity contribution in [2.75, 3.05) is 19.5 Å². The quantitative estimate of drug-likeness (QED) is 0.664. The second kappa shape index (κ2) is 5.33. The molecule has 5 heteroatoms. The lowest BCUT2D eigenvalue weighted by atomic mass is 10.2. The summed E-state index contributed by atoms with van der Waals surface area (Å²) in [6, 6.07) is 5.74. The van der Waals surface area contributed by atoms with E-state index in [0.29, 0.717) is 10.9 Å². The number of nitrogens with zero attached hydrogens (tertiary/aromatic N) is 2. The zero-order valence-corrected chi connectivity index (χ0v) is 10.6. The lowest BCUT2D eigenvalue weighted by Gasteiger charge is -2.06. The summed E-state index contributed by atoms with van der Waals surface area (Å²) in [6.45, 7) is 2.08. The molecular formula is C12H14N2O2S. The normalized spacial score (nSPS) is 10.8. The van der Waals surface area contributed by atoms with Gasteiger partial charge in [0.05, 0.1) is 19.2 Å². The molecule has 1 aromatic heterocycles. The number of aryl methyl sites for hydroxylation is 1. The fraction of sp³-hybridized carbons (Fsp3) is 0.333. The van der Waals surface area contributed by atoms with Crippen LogP contribution in [0.25, 0.3) is 10.9 Å². The van der Waals surface area contributed by atoms with Crippen molar-refractivity contribution in [3.05, 3.63) is 23.9 Å². The van der Waals surface area contributed by atoms with Gasteiger partial charge in [0.1, 0.15) is 5.75 Å². The van der Waals surface area contributed by atoms with E-state index in [1.54, 1.807) is 7.11 Å². The van der Waals surface area contributed by atoms with Gasteiger partial charge in [0.15, 0.2) is 5.16 Å². The lowest BCUT2D eigenvalue weighted by Crippen LogP contribution is -1.95. The molecule has 1 N–H and O–H groups in total. The van der Waals surface area contributed by atoms with Gasteiger partial charge in [0.2, 0.25) is 0 Å². The van der Waals surface area contributed by atoms with Crippen LogP contribution < -0.4 is 4.74 Å². The lowest BCUT2D eigenvalue weighted by molar-refractivity contribution is 0.322. The number of thioether (sulfide) groups is 1. The minimum Gasteiger partial charge on any atom is -0.497 e. The Hall–Kier alpha value is -1.33. The summed E-state index contributed by atoms with van der Waals surface area (Å²) in [5.74, 6) is 1.42. The van der Waals surface area contributed by atoms with Crippen LogP contribution in [0.4, 0.5) is 0 Å². The molecule has 0 atom stereocenters. The molecule has 4 nitrogen and oxygen atoms in total. The molecule has 0 radical (unpaired) electrons. The zero-order valence-electron chi connectivity index (χ0n) is 9.80. The Morgan fingerprint density at radius 3 is 2.88 bits per heavy atom. The standard InChI is InChI=1S/C12H14N2O2S/c1-8-10-7-9(16-2)3-4-11(10)14-12(13-8)17-6-5-15/h3-4,7,15H,5-6H2,1-2H3. The Morgan fingerprint density at radius 1 is 1.35 bits per heavy atom. The molecule has 0 fully saturated rings. The summed E-state index contributed by atoms with van der Waals surface area (Å²) in [5, 5.41) is 10.5. The first kappa shape index (κ1) is 12.1. The molecule has 0 amide bonds. The number of ether oxygens (including phenoxy) is 1. The van der Waals surface area contributed by atoms with Gasteiger partial charge in [-0.1, -0.05) is 11.8 Å². The Labute approximate surface area is 104 Å². The number of hydrogen-bond acceptors (Lipinski definition) is 5. The topological polar surface area (TPSA) is 55.2 Å². The van der Waals surface area contributed by atoms with E-state index in [-0.39, 0.29) is 6.61 Å². The minimum absolute atomic E-state index is 0.133. The SMILES string of the molecule is COc1ccc2nc(SCCO)nc(C)c2c1. The number of benzene rings is 1. The van der Waals surface area contributed by atoms with Crippen LogP contribution in [0.1, 0.15) is 5.69 Å². The van der Waals surface area contributed by atoms with Crippen molar-refractivity contribution in [2.45, 2.75) is 12.1 Å². The molecule has 0 aliphatic heterocycles. The highest BCUT2D eigenvalue weighted by molar-refractivity contribution is 7.99. The van der Waals surface area contributed by atoms with E-state index >= 15 is 0 Å². The van der Waals surface area contributed by atoms with Crippen LogP contribution in [0.5, 0.6) is 5.75 Å². The van der Waals surface area contributed by atoms with Gasteiger partial charge in [-0.25, -0.2) is 9.97 Å². The smallest absolute Gasteiger partial charge is 0.188 e. The highest BCUT2D eigenvalue weighted by Crippen LogP contribution is 2.24. The first-order chi connectivity index (χ1) is 8.24. The van der Waals surface area contributed by atoms with Crippen LogP contribution in [0, 0.1) is 6.92 Å². The summed E-state index contributed by atoms with van der Waals surface area (Å²) in [5.41, 5.74) is 1.83. The Kier molecular flexibility index (Phi) is 3.81. The molecule has 0 spiro atoms. The van der Waals surface area contributed by atoms with Crippen LogP contribution in [0.2, 0.25) is 0 Å². The van der Waals surface area contributed by atoms with E-state index in [1.807, 2.05) is 25.1 Å². The maximum atomic E-state index is 8.79. The number of hydrogen-bond donors (Lipinski definition) is 1. The molecule has 0 aliphatic carbocycles. The van der Waals surface area contributed by atoms with Crippen molar-refractivity contribution in [3.8, 4) is 5.75 Å². The molecule has 2 aromatic rings. The van der Waals surface area contributed by atoms with E-state index in [4.69, 9.17) is 9.84 Å². The van der Waals surface area contributed by atoms with Gasteiger partial charge in [-0.2, -0.15) is 0 Å². The summed E-state index contributed by atoms with van der Waals surface area (Å²) < 4.78 is 5.18. The molecule has 0 aliphatic rings. The molecule has 0 saturated carbocycles. The second-order valence-corrected chi connectivity index (χ2v) is 4.61. The maximum Gasteiger partial charge on any atom is 0.188 e. The van der Waals surface area contributed by atoms with Gasteiger partial charge < -0.3 is 9.84 Å². The summed E-state index contributed by atoms with van der Waals surface area (Å²) in [6.07, 6.45) is 0. The van der Waals surface area contributed by atoms with Gasteiger partial charge in [-0.05, 0) is 25.1 Å². The number of aliphatic hydroxyl groups excluding tert-OH is 1. The molecule has 90 valence electrons. The highest BCUT2D eigenvalue weighted by atomic mass is 32.2. The Morgan fingerprint density at radius 2 is 2.18 bits per heavy atom. The van der Waals surface area contributed by atoms with Crippen LogP contribution in [0.3, 0.4) is 0 Å². The second-order valence-electron chi connectivity index (χ2n) is 3.55. The van der Waals surface area contributed by atoms with Crippen molar-refractivity contribution in [3.63, 3.8) is 0 Å². The average molecular weight is 250 g/mol. The predicted octanol–water partition coefficient (Wildman–Crippen LogP) is 2.03. The molecule has 0 saturated heterocycles. The van der Waals surface area contributed by atoms with E-state index in [9.17, 15) is 0 Å². The third kappa shape index (κ3) is 2.68. The molecule has 1 aromatic carbocycles. The monoisotopic (exact) mass is 250 g/mol. The van der Waals surface area contributed by atoms with Crippen molar-refractivity contribution in [1.29, 1.82) is 0 Å². The molecule has 0 bridgehead atoms. The van der Waals surface area contributed by atoms with Crippen LogP contribution in [-0.4, -0.2) is 34.5 Å². The molecule has 17 heavy (non-hydrogen) atoms. The maximum absolute atomic E-state index is 8.79. The Balaban J connectivity index is 2.44. The van der Waals surface area contributed by atoms with Crippen LogP contribution in [-0.2, 0) is 0 Å². The largest absolute Gasteiger partial charge is 0.497 e. The van der Waals surface area contributed by atoms with Crippen molar-refractivity contribution in [1.82, 2.24) is 9.97 Å². The first-order valence-electron chi connectivity index (χ1n) is 5.30. The number of aliphatic hydroxyl groups is 1. The van der Waals surface area contributed by atoms with Gasteiger partial charge >= 0.3 is 0 Å². The van der Waals surface area contributed by atoms with E-state index in [0.717, 1.165) is 22.3 Å². The van der Waals surface area contributed by atoms with Crippen molar-refractivity contribution >= 4 is 22.7 Å². The fourth-order valence-electron chi connectivity index (χ4n) is 1.56. The van der Waals surface area contributed by atoms with Gasteiger partial charge in [0.25, 0.3) is 0 Å². The number of fused-ring (bicyclic) bond motifs is 1. The summed E-state index contributed by atoms with van der Waals surface area (Å²) in [4.78, 5) is 8.83. The summed E-state index contributed by atoms with van der Waals surface area (Å²) in [7, 11) is 1.64. The van der Waals surface area contributed by atoms with E-state index in [1.165, 1.54) is 11.8 Å². The highest BCUT2D eigenvalue weighted by Gasteiger charge is 2.06. The Bertz CT molecular complexity index is 531. The number of rotatable bonds is 4. The van der Waals surface area contributed by atoms with Gasteiger partial charge in [-0.15, -0.1) is 0 Å².